The van der Waals surface area contributed by atoms with Gasteiger partial charge in [0.25, 0.3) is 0 Å². The second-order valence-corrected chi connectivity index (χ2v) is 5.52. The molecule has 0 atom stereocenters. The zero-order valence-corrected chi connectivity index (χ0v) is 11.5. The molecular weight excluding hydrogens is 252 g/mol. The van der Waals surface area contributed by atoms with Gasteiger partial charge in [-0.05, 0) is 18.8 Å². The summed E-state index contributed by atoms with van der Waals surface area (Å²) in [5.41, 5.74) is 0.273. The Morgan fingerprint density at radius 2 is 1.90 bits per heavy atom. The van der Waals surface area contributed by atoms with Crippen LogP contribution in [0.4, 0.5) is 5.82 Å². The van der Waals surface area contributed by atoms with E-state index in [9.17, 15) is 9.90 Å². The van der Waals surface area contributed by atoms with Crippen molar-refractivity contribution < 1.29 is 9.90 Å². The molecule has 1 aliphatic rings. The Morgan fingerprint density at radius 1 is 1.25 bits per heavy atom. The van der Waals surface area contributed by atoms with Crippen LogP contribution in [0.1, 0.15) is 30.1 Å². The molecule has 0 spiro atoms. The van der Waals surface area contributed by atoms with Crippen molar-refractivity contribution >= 4 is 22.6 Å². The number of carboxylic acids is 1. The number of anilines is 1. The molecule has 2 heterocycles. The minimum absolute atomic E-state index is 0.273. The van der Waals surface area contributed by atoms with Crippen LogP contribution in [0, 0.1) is 5.92 Å². The lowest BCUT2D eigenvalue weighted by atomic mass is 9.98. The normalized spacial score (nSPS) is 16.6. The van der Waals surface area contributed by atoms with Crippen molar-refractivity contribution in [2.45, 2.75) is 19.8 Å². The number of rotatable bonds is 2. The summed E-state index contributed by atoms with van der Waals surface area (Å²) < 4.78 is 0. The van der Waals surface area contributed by atoms with Crippen molar-refractivity contribution in [1.29, 1.82) is 0 Å². The van der Waals surface area contributed by atoms with Crippen LogP contribution < -0.4 is 4.90 Å². The third-order valence-corrected chi connectivity index (χ3v) is 4.09. The van der Waals surface area contributed by atoms with E-state index < -0.39 is 5.97 Å². The Labute approximate surface area is 118 Å². The molecule has 0 unspecified atom stereocenters. The van der Waals surface area contributed by atoms with E-state index in [4.69, 9.17) is 0 Å². The first kappa shape index (κ1) is 12.9. The van der Waals surface area contributed by atoms with E-state index in [0.717, 1.165) is 48.4 Å². The first-order valence-corrected chi connectivity index (χ1v) is 7.03. The average molecular weight is 270 g/mol. The molecule has 1 aromatic carbocycles. The maximum Gasteiger partial charge on any atom is 0.337 e. The highest BCUT2D eigenvalue weighted by Crippen LogP contribution is 2.30. The molecule has 3 rings (SSSR count). The number of fused-ring (bicyclic) bond motifs is 1. The summed E-state index contributed by atoms with van der Waals surface area (Å²) in [6, 6.07) is 7.63. The number of carbonyl (C=O) groups is 1. The molecule has 0 radical (unpaired) electrons. The molecule has 1 saturated heterocycles. The second-order valence-electron chi connectivity index (χ2n) is 5.52. The molecule has 1 N–H and O–H groups in total. The molecule has 0 amide bonds. The molecule has 1 aromatic heterocycles. The summed E-state index contributed by atoms with van der Waals surface area (Å²) in [4.78, 5) is 18.0. The van der Waals surface area contributed by atoms with Crippen molar-refractivity contribution in [1.82, 2.24) is 4.98 Å². The van der Waals surface area contributed by atoms with Crippen LogP contribution in [-0.2, 0) is 0 Å². The highest BCUT2D eigenvalue weighted by molar-refractivity contribution is 6.06. The van der Waals surface area contributed by atoms with Gasteiger partial charge in [0.1, 0.15) is 5.82 Å². The van der Waals surface area contributed by atoms with E-state index in [-0.39, 0.29) is 5.56 Å². The fourth-order valence-corrected chi connectivity index (χ4v) is 2.82. The summed E-state index contributed by atoms with van der Waals surface area (Å²) >= 11 is 0. The zero-order valence-electron chi connectivity index (χ0n) is 11.5. The Bertz CT molecular complexity index is 646. The number of carboxylic acid groups (broad SMARTS) is 1. The maximum atomic E-state index is 11.3. The first-order valence-electron chi connectivity index (χ1n) is 7.03. The number of aromatic nitrogens is 1. The van der Waals surface area contributed by atoms with Gasteiger partial charge in [-0.15, -0.1) is 0 Å². The van der Waals surface area contributed by atoms with Crippen molar-refractivity contribution in [3.05, 3.63) is 36.0 Å². The van der Waals surface area contributed by atoms with E-state index in [2.05, 4.69) is 16.8 Å². The van der Waals surface area contributed by atoms with Gasteiger partial charge in [-0.2, -0.15) is 0 Å². The summed E-state index contributed by atoms with van der Waals surface area (Å²) in [5, 5.41) is 11.0. The Balaban J connectivity index is 2.08. The molecule has 20 heavy (non-hydrogen) atoms. The SMILES string of the molecule is CC1CCN(c2ncc(C(=O)O)c3ccccc23)CC1. The summed E-state index contributed by atoms with van der Waals surface area (Å²) in [7, 11) is 0. The second kappa shape index (κ2) is 5.12. The van der Waals surface area contributed by atoms with Gasteiger partial charge in [0.15, 0.2) is 0 Å². The van der Waals surface area contributed by atoms with Gasteiger partial charge in [0.2, 0.25) is 0 Å². The predicted molar refractivity (Wildman–Crippen MR) is 79.3 cm³/mol. The third kappa shape index (κ3) is 2.22. The minimum atomic E-state index is -0.924. The third-order valence-electron chi connectivity index (χ3n) is 4.09. The van der Waals surface area contributed by atoms with Crippen LogP contribution in [0.25, 0.3) is 10.8 Å². The molecule has 0 saturated carbocycles. The molecule has 2 aromatic rings. The van der Waals surface area contributed by atoms with Crippen LogP contribution in [0.15, 0.2) is 30.5 Å². The van der Waals surface area contributed by atoms with Crippen molar-refractivity contribution in [3.8, 4) is 0 Å². The Morgan fingerprint density at radius 3 is 2.55 bits per heavy atom. The van der Waals surface area contributed by atoms with Gasteiger partial charge in [0.05, 0.1) is 5.56 Å². The van der Waals surface area contributed by atoms with Crippen LogP contribution in [0.3, 0.4) is 0 Å². The van der Waals surface area contributed by atoms with Gasteiger partial charge in [-0.3, -0.25) is 0 Å². The maximum absolute atomic E-state index is 11.3. The standard InChI is InChI=1S/C16H18N2O2/c1-11-6-8-18(9-7-11)15-13-5-3-2-4-12(13)14(10-17-15)16(19)20/h2-5,10-11H,6-9H2,1H3,(H,19,20). The quantitative estimate of drug-likeness (QED) is 0.910. The largest absolute Gasteiger partial charge is 0.478 e. The molecule has 0 bridgehead atoms. The lowest BCUT2D eigenvalue weighted by Gasteiger charge is -2.32. The van der Waals surface area contributed by atoms with Crippen LogP contribution in [-0.4, -0.2) is 29.1 Å². The van der Waals surface area contributed by atoms with Crippen molar-refractivity contribution in [2.24, 2.45) is 5.92 Å². The molecular formula is C16H18N2O2. The van der Waals surface area contributed by atoms with Crippen LogP contribution in [0.5, 0.6) is 0 Å². The smallest absolute Gasteiger partial charge is 0.337 e. The Hall–Kier alpha value is -2.10. The number of piperidine rings is 1. The van der Waals surface area contributed by atoms with Crippen LogP contribution in [0.2, 0.25) is 0 Å². The summed E-state index contributed by atoms with van der Waals surface area (Å²) in [5.74, 6) is 0.751. The fourth-order valence-electron chi connectivity index (χ4n) is 2.82. The van der Waals surface area contributed by atoms with Crippen molar-refractivity contribution in [2.75, 3.05) is 18.0 Å². The van der Waals surface area contributed by atoms with Gasteiger partial charge in [0, 0.05) is 30.1 Å². The molecule has 0 aliphatic carbocycles. The summed E-state index contributed by atoms with van der Waals surface area (Å²) in [6.45, 7) is 4.26. The number of pyridine rings is 1. The van der Waals surface area contributed by atoms with Crippen molar-refractivity contribution in [3.63, 3.8) is 0 Å². The van der Waals surface area contributed by atoms with E-state index >= 15 is 0 Å². The number of hydrogen-bond donors (Lipinski definition) is 1. The number of hydrogen-bond acceptors (Lipinski definition) is 3. The van der Waals surface area contributed by atoms with Gasteiger partial charge >= 0.3 is 5.97 Å². The topological polar surface area (TPSA) is 53.4 Å². The highest BCUT2D eigenvalue weighted by atomic mass is 16.4. The molecule has 4 nitrogen and oxygen atoms in total. The van der Waals surface area contributed by atoms with Gasteiger partial charge in [-0.1, -0.05) is 31.2 Å². The molecule has 4 heteroatoms. The van der Waals surface area contributed by atoms with Gasteiger partial charge in [-0.25, -0.2) is 9.78 Å². The average Bonchev–Trinajstić information content (AvgIpc) is 2.47. The van der Waals surface area contributed by atoms with E-state index in [1.165, 1.54) is 6.20 Å². The molecule has 1 aliphatic heterocycles. The fraction of sp³-hybridized carbons (Fsp3) is 0.375. The first-order chi connectivity index (χ1) is 9.66. The number of benzene rings is 1. The molecule has 104 valence electrons. The number of nitrogens with zero attached hydrogens (tertiary/aromatic N) is 2. The lowest BCUT2D eigenvalue weighted by molar-refractivity contribution is 0.0698. The van der Waals surface area contributed by atoms with E-state index in [1.54, 1.807) is 0 Å². The Kier molecular flexibility index (Phi) is 3.30. The zero-order chi connectivity index (χ0) is 14.1. The predicted octanol–water partition coefficient (Wildman–Crippen LogP) is 3.17. The van der Waals surface area contributed by atoms with Gasteiger partial charge < -0.3 is 10.0 Å². The van der Waals surface area contributed by atoms with E-state index in [1.807, 2.05) is 24.3 Å². The minimum Gasteiger partial charge on any atom is -0.478 e. The van der Waals surface area contributed by atoms with E-state index in [0.29, 0.717) is 0 Å². The number of aromatic carboxylic acids is 1. The summed E-state index contributed by atoms with van der Waals surface area (Å²) in [6.07, 6.45) is 3.81. The van der Waals surface area contributed by atoms with Crippen LogP contribution >= 0.6 is 0 Å². The highest BCUT2D eigenvalue weighted by Gasteiger charge is 2.20. The molecule has 1 fully saturated rings. The lowest BCUT2D eigenvalue weighted by Crippen LogP contribution is -2.33. The monoisotopic (exact) mass is 270 g/mol.